The molecule has 0 aromatic heterocycles. The third-order valence-electron chi connectivity index (χ3n) is 2.43. The van der Waals surface area contributed by atoms with Crippen molar-refractivity contribution in [2.45, 2.75) is 6.92 Å². The fourth-order valence-corrected chi connectivity index (χ4v) is 1.51. The molecule has 2 rings (SSSR count). The lowest BCUT2D eigenvalue weighted by molar-refractivity contribution is 0.112. The number of carbonyl (C=O) groups is 1. The van der Waals surface area contributed by atoms with Crippen molar-refractivity contribution in [1.82, 2.24) is 0 Å². The summed E-state index contributed by atoms with van der Waals surface area (Å²) in [6.07, 6.45) is 0.580. The molecule has 0 unspecified atom stereocenters. The molecule has 0 amide bonds. The third kappa shape index (κ3) is 2.33. The van der Waals surface area contributed by atoms with E-state index in [-0.39, 0.29) is 11.3 Å². The number of aldehydes is 1. The standard InChI is InChI=1S/C14H11FO2/c1-10-5-2-3-8-13(10)17-14-11(9-16)6-4-7-12(14)15/h2-9H,1H3. The molecule has 0 N–H and O–H groups in total. The largest absolute Gasteiger partial charge is 0.453 e. The fourth-order valence-electron chi connectivity index (χ4n) is 1.51. The van der Waals surface area contributed by atoms with Gasteiger partial charge in [-0.25, -0.2) is 4.39 Å². The van der Waals surface area contributed by atoms with Crippen molar-refractivity contribution in [1.29, 1.82) is 0 Å². The molecule has 0 saturated carbocycles. The topological polar surface area (TPSA) is 26.3 Å². The Morgan fingerprint density at radius 1 is 1.12 bits per heavy atom. The van der Waals surface area contributed by atoms with Crippen molar-refractivity contribution in [3.63, 3.8) is 0 Å². The van der Waals surface area contributed by atoms with Gasteiger partial charge in [-0.2, -0.15) is 0 Å². The highest BCUT2D eigenvalue weighted by Gasteiger charge is 2.11. The number of ether oxygens (including phenoxy) is 1. The second-order valence-corrected chi connectivity index (χ2v) is 3.64. The van der Waals surface area contributed by atoms with Gasteiger partial charge in [0.05, 0.1) is 5.56 Å². The lowest BCUT2D eigenvalue weighted by Crippen LogP contribution is -1.95. The first-order valence-corrected chi connectivity index (χ1v) is 5.19. The summed E-state index contributed by atoms with van der Waals surface area (Å²) >= 11 is 0. The van der Waals surface area contributed by atoms with Crippen molar-refractivity contribution >= 4 is 6.29 Å². The summed E-state index contributed by atoms with van der Waals surface area (Å²) in [5.41, 5.74) is 1.08. The normalized spacial score (nSPS) is 10.0. The maximum Gasteiger partial charge on any atom is 0.173 e. The van der Waals surface area contributed by atoms with Gasteiger partial charge in [0.15, 0.2) is 17.9 Å². The van der Waals surface area contributed by atoms with Gasteiger partial charge in [-0.3, -0.25) is 4.79 Å². The van der Waals surface area contributed by atoms with Gasteiger partial charge in [-0.05, 0) is 30.7 Å². The quantitative estimate of drug-likeness (QED) is 0.751. The molecule has 0 fully saturated rings. The van der Waals surface area contributed by atoms with Gasteiger partial charge in [0.25, 0.3) is 0 Å². The van der Waals surface area contributed by atoms with E-state index in [2.05, 4.69) is 0 Å². The Bertz CT molecular complexity index is 550. The molecule has 0 aliphatic rings. The summed E-state index contributed by atoms with van der Waals surface area (Å²) < 4.78 is 19.0. The van der Waals surface area contributed by atoms with Gasteiger partial charge in [0.2, 0.25) is 0 Å². The summed E-state index contributed by atoms with van der Waals surface area (Å²) in [5, 5.41) is 0. The monoisotopic (exact) mass is 230 g/mol. The van der Waals surface area contributed by atoms with Crippen molar-refractivity contribution < 1.29 is 13.9 Å². The predicted octanol–water partition coefficient (Wildman–Crippen LogP) is 3.74. The zero-order valence-electron chi connectivity index (χ0n) is 9.31. The van der Waals surface area contributed by atoms with E-state index in [0.717, 1.165) is 5.56 Å². The average Bonchev–Trinajstić information content (AvgIpc) is 2.34. The number of carbonyl (C=O) groups excluding carboxylic acids is 1. The number of halogens is 1. The summed E-state index contributed by atoms with van der Waals surface area (Å²) in [6.45, 7) is 1.86. The maximum absolute atomic E-state index is 13.6. The molecule has 2 aromatic carbocycles. The van der Waals surface area contributed by atoms with Gasteiger partial charge >= 0.3 is 0 Å². The summed E-state index contributed by atoms with van der Waals surface area (Å²) in [7, 11) is 0. The van der Waals surface area contributed by atoms with Crippen LogP contribution in [0.5, 0.6) is 11.5 Å². The zero-order chi connectivity index (χ0) is 12.3. The molecule has 0 radical (unpaired) electrons. The predicted molar refractivity (Wildman–Crippen MR) is 63.0 cm³/mol. The molecule has 0 aliphatic heterocycles. The Morgan fingerprint density at radius 3 is 2.59 bits per heavy atom. The minimum absolute atomic E-state index is 0.0307. The Kier molecular flexibility index (Phi) is 3.19. The summed E-state index contributed by atoms with van der Waals surface area (Å²) in [6, 6.07) is 11.5. The van der Waals surface area contributed by atoms with E-state index in [1.807, 2.05) is 19.1 Å². The molecule has 0 heterocycles. The molecule has 17 heavy (non-hydrogen) atoms. The number of benzene rings is 2. The van der Waals surface area contributed by atoms with E-state index >= 15 is 0 Å². The SMILES string of the molecule is Cc1ccccc1Oc1c(F)cccc1C=O. The van der Waals surface area contributed by atoms with Crippen LogP contribution in [0, 0.1) is 12.7 Å². The van der Waals surface area contributed by atoms with Gasteiger partial charge in [-0.1, -0.05) is 24.3 Å². The Labute approximate surface area is 98.7 Å². The van der Waals surface area contributed by atoms with Crippen molar-refractivity contribution in [3.8, 4) is 11.5 Å². The molecule has 0 atom stereocenters. The van der Waals surface area contributed by atoms with E-state index in [1.165, 1.54) is 18.2 Å². The lowest BCUT2D eigenvalue weighted by atomic mass is 10.2. The molecule has 3 heteroatoms. The van der Waals surface area contributed by atoms with Crippen LogP contribution < -0.4 is 4.74 Å². The molecular weight excluding hydrogens is 219 g/mol. The molecule has 0 saturated heterocycles. The first-order chi connectivity index (χ1) is 8.22. The molecule has 0 spiro atoms. The van der Waals surface area contributed by atoms with Crippen LogP contribution in [0.1, 0.15) is 15.9 Å². The van der Waals surface area contributed by atoms with Gasteiger partial charge in [0, 0.05) is 0 Å². The lowest BCUT2D eigenvalue weighted by Gasteiger charge is -2.10. The number of rotatable bonds is 3. The number of hydrogen-bond donors (Lipinski definition) is 0. The van der Waals surface area contributed by atoms with E-state index in [1.54, 1.807) is 12.1 Å². The van der Waals surface area contributed by atoms with E-state index in [9.17, 15) is 9.18 Å². The van der Waals surface area contributed by atoms with E-state index in [4.69, 9.17) is 4.74 Å². The van der Waals surface area contributed by atoms with Crippen LogP contribution in [-0.2, 0) is 0 Å². The van der Waals surface area contributed by atoms with Crippen molar-refractivity contribution in [3.05, 3.63) is 59.4 Å². The molecule has 2 aromatic rings. The van der Waals surface area contributed by atoms with Crippen LogP contribution in [0.15, 0.2) is 42.5 Å². The van der Waals surface area contributed by atoms with Crippen LogP contribution in [0.3, 0.4) is 0 Å². The second kappa shape index (κ2) is 4.78. The summed E-state index contributed by atoms with van der Waals surface area (Å²) in [4.78, 5) is 10.8. The van der Waals surface area contributed by atoms with E-state index in [0.29, 0.717) is 12.0 Å². The smallest absolute Gasteiger partial charge is 0.173 e. The van der Waals surface area contributed by atoms with Crippen LogP contribution in [0.4, 0.5) is 4.39 Å². The van der Waals surface area contributed by atoms with Crippen molar-refractivity contribution in [2.75, 3.05) is 0 Å². The molecule has 0 bridgehead atoms. The minimum Gasteiger partial charge on any atom is -0.453 e. The zero-order valence-corrected chi connectivity index (χ0v) is 9.31. The van der Waals surface area contributed by atoms with Gasteiger partial charge in [-0.15, -0.1) is 0 Å². The van der Waals surface area contributed by atoms with Gasteiger partial charge < -0.3 is 4.74 Å². The van der Waals surface area contributed by atoms with E-state index < -0.39 is 5.82 Å². The van der Waals surface area contributed by atoms with Gasteiger partial charge in [0.1, 0.15) is 5.75 Å². The number of aryl methyl sites for hydroxylation is 1. The highest BCUT2D eigenvalue weighted by molar-refractivity contribution is 5.79. The van der Waals surface area contributed by atoms with Crippen LogP contribution in [-0.4, -0.2) is 6.29 Å². The molecule has 0 aliphatic carbocycles. The molecule has 86 valence electrons. The Balaban J connectivity index is 2.43. The van der Waals surface area contributed by atoms with Crippen LogP contribution in [0.25, 0.3) is 0 Å². The molecule has 2 nitrogen and oxygen atoms in total. The average molecular weight is 230 g/mol. The van der Waals surface area contributed by atoms with Crippen molar-refractivity contribution in [2.24, 2.45) is 0 Å². The summed E-state index contributed by atoms with van der Waals surface area (Å²) in [5.74, 6) is -0.0321. The minimum atomic E-state index is -0.544. The molecular formula is C14H11FO2. The highest BCUT2D eigenvalue weighted by Crippen LogP contribution is 2.29. The number of hydrogen-bond acceptors (Lipinski definition) is 2. The third-order valence-corrected chi connectivity index (χ3v) is 2.43. The second-order valence-electron chi connectivity index (χ2n) is 3.64. The fraction of sp³-hybridized carbons (Fsp3) is 0.0714. The Hall–Kier alpha value is -2.16. The first-order valence-electron chi connectivity index (χ1n) is 5.19. The first kappa shape index (κ1) is 11.3. The maximum atomic E-state index is 13.6. The van der Waals surface area contributed by atoms with Crippen LogP contribution in [0.2, 0.25) is 0 Å². The number of para-hydroxylation sites is 2. The van der Waals surface area contributed by atoms with Crippen LogP contribution >= 0.6 is 0 Å². The Morgan fingerprint density at radius 2 is 1.88 bits per heavy atom. The highest BCUT2D eigenvalue weighted by atomic mass is 19.1.